The highest BCUT2D eigenvalue weighted by Gasteiger charge is 2.39. The summed E-state index contributed by atoms with van der Waals surface area (Å²) in [6.45, 7) is 15.4. The monoisotopic (exact) mass is 739 g/mol. The number of nitrogens with one attached hydrogen (secondary N) is 2. The summed E-state index contributed by atoms with van der Waals surface area (Å²) in [6, 6.07) is 9.50. The van der Waals surface area contributed by atoms with E-state index >= 15 is 0 Å². The fourth-order valence-corrected chi connectivity index (χ4v) is 5.52. The molecule has 0 bridgehead atoms. The quantitative estimate of drug-likeness (QED) is 0.0837. The number of likely N-dealkylation sites (N-methyl/N-ethyl adjacent to an activating group) is 1. The van der Waals surface area contributed by atoms with Gasteiger partial charge in [0.1, 0.15) is 18.0 Å². The summed E-state index contributed by atoms with van der Waals surface area (Å²) in [6.07, 6.45) is -3.70. The van der Waals surface area contributed by atoms with Gasteiger partial charge in [-0.3, -0.25) is 19.3 Å². The standard InChI is InChI=1S/C23H27F4N3O4S.C5H8N2O2.2C2H6.CH3F/c1-3-20(24)17-6-4-16(5-7-17)14-28-22(31)21-15-29(2)12-13-30(21)35(32,33)19-10-8-18(9-11-19)34-23(25,26)27;1-3-7-9-5(2)6-4-8;3*1-2/h4-11,20-21H,3,12-15H2,1-2H3,(H,28,31);3-4H,2H2,1H3,(H,6,8);2*1-2H3;1H3/b;7-3+;;;/t20?,21-;;;;/m1..../s1. The molecule has 0 aromatic heterocycles. The van der Waals surface area contributed by atoms with Gasteiger partial charge >= 0.3 is 6.36 Å². The molecule has 1 fully saturated rings. The predicted molar refractivity (Wildman–Crippen MR) is 184 cm³/mol. The smallest absolute Gasteiger partial charge is 0.406 e. The maximum Gasteiger partial charge on any atom is 0.573 e. The molecule has 0 saturated carbocycles. The molecule has 17 heteroatoms. The molecule has 50 heavy (non-hydrogen) atoms. The third-order valence-corrected chi connectivity index (χ3v) is 8.08. The Morgan fingerprint density at radius 3 is 2.10 bits per heavy atom. The van der Waals surface area contributed by atoms with Crippen molar-refractivity contribution in [3.8, 4) is 5.75 Å². The van der Waals surface area contributed by atoms with E-state index in [0.717, 1.165) is 34.1 Å². The van der Waals surface area contributed by atoms with E-state index in [9.17, 15) is 40.0 Å². The van der Waals surface area contributed by atoms with E-state index in [1.807, 2.05) is 32.6 Å². The maximum atomic E-state index is 13.8. The zero-order chi connectivity index (χ0) is 38.9. The highest BCUT2D eigenvalue weighted by atomic mass is 32.2. The fraction of sp³-hybridized carbons (Fsp3) is 0.485. The van der Waals surface area contributed by atoms with Crippen molar-refractivity contribution >= 4 is 28.6 Å². The van der Waals surface area contributed by atoms with Crippen molar-refractivity contribution in [1.29, 1.82) is 0 Å². The lowest BCUT2D eigenvalue weighted by molar-refractivity contribution is -0.274. The molecule has 2 atom stereocenters. The summed E-state index contributed by atoms with van der Waals surface area (Å²) < 4.78 is 91.8. The third-order valence-electron chi connectivity index (χ3n) is 6.16. The molecule has 1 aliphatic rings. The van der Waals surface area contributed by atoms with Gasteiger partial charge in [-0.1, -0.05) is 64.0 Å². The van der Waals surface area contributed by atoms with Gasteiger partial charge in [0.05, 0.1) is 12.1 Å². The number of nitrogens with zero attached hydrogens (tertiary/aromatic N) is 3. The van der Waals surface area contributed by atoms with Crippen LogP contribution in [-0.2, 0) is 31.0 Å². The minimum Gasteiger partial charge on any atom is -0.406 e. The van der Waals surface area contributed by atoms with Gasteiger partial charge in [-0.25, -0.2) is 12.8 Å². The number of ether oxygens (including phenoxy) is 1. The van der Waals surface area contributed by atoms with Crippen LogP contribution in [0.1, 0.15) is 65.3 Å². The summed E-state index contributed by atoms with van der Waals surface area (Å²) >= 11 is 0. The lowest BCUT2D eigenvalue weighted by atomic mass is 10.1. The zero-order valence-corrected chi connectivity index (χ0v) is 30.6. The summed E-state index contributed by atoms with van der Waals surface area (Å²) in [5.41, 5.74) is 1.27. The normalized spacial score (nSPS) is 15.1. The van der Waals surface area contributed by atoms with Crippen molar-refractivity contribution in [3.63, 3.8) is 0 Å². The van der Waals surface area contributed by atoms with Crippen molar-refractivity contribution in [3.05, 3.63) is 72.1 Å². The van der Waals surface area contributed by atoms with Crippen molar-refractivity contribution < 1.29 is 49.5 Å². The second-order valence-corrected chi connectivity index (χ2v) is 11.3. The first kappa shape index (κ1) is 48.0. The Kier molecular flexibility index (Phi) is 24.8. The van der Waals surface area contributed by atoms with Crippen LogP contribution in [0, 0.1) is 0 Å². The number of benzene rings is 2. The van der Waals surface area contributed by atoms with Crippen LogP contribution in [0.5, 0.6) is 5.75 Å². The van der Waals surface area contributed by atoms with Gasteiger partial charge in [0.15, 0.2) is 0 Å². The number of amides is 2. The fourth-order valence-electron chi connectivity index (χ4n) is 3.95. The Labute approximate surface area is 292 Å². The second-order valence-electron chi connectivity index (χ2n) is 9.39. The molecule has 2 amide bonds. The lowest BCUT2D eigenvalue weighted by Gasteiger charge is -2.38. The number of oxime groups is 1. The van der Waals surface area contributed by atoms with Gasteiger partial charge in [0.25, 0.3) is 0 Å². The van der Waals surface area contributed by atoms with Crippen LogP contribution in [0.2, 0.25) is 0 Å². The number of carbonyl (C=O) groups is 2. The van der Waals surface area contributed by atoms with Gasteiger partial charge in [-0.15, -0.1) is 13.2 Å². The topological polar surface area (TPSA) is 130 Å². The van der Waals surface area contributed by atoms with Gasteiger partial charge < -0.3 is 19.8 Å². The number of rotatable bonds is 12. The van der Waals surface area contributed by atoms with E-state index in [2.05, 4.69) is 31.9 Å². The van der Waals surface area contributed by atoms with Crippen molar-refractivity contribution in [2.24, 2.45) is 5.16 Å². The number of hydrogen-bond acceptors (Lipinski definition) is 8. The van der Waals surface area contributed by atoms with Crippen molar-refractivity contribution in [2.75, 3.05) is 33.9 Å². The van der Waals surface area contributed by atoms with E-state index in [1.54, 1.807) is 45.2 Å². The molecule has 284 valence electrons. The first-order valence-corrected chi connectivity index (χ1v) is 17.1. The van der Waals surface area contributed by atoms with Crippen LogP contribution in [0.3, 0.4) is 0 Å². The highest BCUT2D eigenvalue weighted by molar-refractivity contribution is 7.89. The minimum absolute atomic E-state index is 0.0291. The first-order chi connectivity index (χ1) is 23.7. The molecule has 2 aromatic rings. The molecular formula is C33H50F5N5O6S. The van der Waals surface area contributed by atoms with Crippen molar-refractivity contribution in [1.82, 2.24) is 19.8 Å². The average Bonchev–Trinajstić information content (AvgIpc) is 3.12. The molecule has 3 rings (SSSR count). The van der Waals surface area contributed by atoms with E-state index in [-0.39, 0.29) is 30.4 Å². The highest BCUT2D eigenvalue weighted by Crippen LogP contribution is 2.27. The van der Waals surface area contributed by atoms with Crippen LogP contribution in [0.15, 0.2) is 71.0 Å². The predicted octanol–water partition coefficient (Wildman–Crippen LogP) is 6.49. The van der Waals surface area contributed by atoms with Gasteiger partial charge in [0, 0.05) is 32.4 Å². The number of halogens is 5. The van der Waals surface area contributed by atoms with Crippen LogP contribution >= 0.6 is 0 Å². The molecule has 1 saturated heterocycles. The Bertz CT molecular complexity index is 1380. The number of hydrogen-bond donors (Lipinski definition) is 2. The van der Waals surface area contributed by atoms with E-state index in [0.29, 0.717) is 32.1 Å². The second kappa shape index (κ2) is 25.8. The minimum atomic E-state index is -4.90. The van der Waals surface area contributed by atoms with Gasteiger partial charge in [-0.05, 0) is 62.4 Å². The average molecular weight is 740 g/mol. The first-order valence-electron chi connectivity index (χ1n) is 15.7. The molecule has 1 heterocycles. The number of carbonyl (C=O) groups excluding carboxylic acids is 2. The molecule has 2 N–H and O–H groups in total. The van der Waals surface area contributed by atoms with Crippen LogP contribution < -0.4 is 15.4 Å². The maximum absolute atomic E-state index is 13.8. The SMILES string of the molecule is C=C(NC=O)O/N=C/C.CC.CC.CCC(F)c1ccc(CNC(=O)[C@H]2CN(C)CCN2S(=O)(=O)c2ccc(OC(F)(F)F)cc2)cc1.CF. The molecule has 0 radical (unpaired) electrons. The number of piperazine rings is 1. The Hall–Kier alpha value is -4.09. The molecule has 1 unspecified atom stereocenters. The van der Waals surface area contributed by atoms with E-state index in [1.165, 1.54) is 6.21 Å². The van der Waals surface area contributed by atoms with Crippen LogP contribution in [0.25, 0.3) is 0 Å². The molecule has 11 nitrogen and oxygen atoms in total. The van der Waals surface area contributed by atoms with Crippen LogP contribution in [0.4, 0.5) is 22.0 Å². The Balaban J connectivity index is 0. The molecule has 1 aliphatic heterocycles. The van der Waals surface area contributed by atoms with E-state index in [4.69, 9.17) is 0 Å². The van der Waals surface area contributed by atoms with E-state index < -0.39 is 40.3 Å². The summed E-state index contributed by atoms with van der Waals surface area (Å²) in [5, 5.41) is 8.24. The Morgan fingerprint density at radius 2 is 1.62 bits per heavy atom. The zero-order valence-electron chi connectivity index (χ0n) is 29.8. The number of sulfonamides is 1. The third kappa shape index (κ3) is 17.5. The largest absolute Gasteiger partial charge is 0.573 e. The van der Waals surface area contributed by atoms with Gasteiger partial charge in [0.2, 0.25) is 28.2 Å². The lowest BCUT2D eigenvalue weighted by Crippen LogP contribution is -2.59. The summed E-state index contributed by atoms with van der Waals surface area (Å²) in [5.74, 6) is -0.950. The molecule has 0 aliphatic carbocycles. The molecule has 0 spiro atoms. The van der Waals surface area contributed by atoms with Gasteiger partial charge in [-0.2, -0.15) is 4.31 Å². The summed E-state index contributed by atoms with van der Waals surface area (Å²) in [4.78, 5) is 28.7. The molecular weight excluding hydrogens is 689 g/mol. The van der Waals surface area contributed by atoms with Crippen molar-refractivity contribution in [2.45, 2.75) is 78.0 Å². The van der Waals surface area contributed by atoms with Crippen LogP contribution in [-0.4, -0.2) is 82.4 Å². The Morgan fingerprint density at radius 1 is 1.06 bits per heavy atom. The summed E-state index contributed by atoms with van der Waals surface area (Å²) in [7, 11) is -1.92. The molecule has 2 aromatic carbocycles. The number of alkyl halides is 5.